The molecule has 162 valence electrons. The Bertz CT molecular complexity index is 1050. The molecule has 1 amide bonds. The Morgan fingerprint density at radius 1 is 0.933 bits per heavy atom. The summed E-state index contributed by atoms with van der Waals surface area (Å²) in [5, 5.41) is 1.92. The van der Waals surface area contributed by atoms with Gasteiger partial charge in [0.2, 0.25) is 10.0 Å². The first-order valence-corrected chi connectivity index (χ1v) is 10.9. The standard InChI is InChI=1S/C20H20F4N2O3S/c21-15-6-5-13(30(28,29)25-8-7-12-3-1-2-4-12)9-14(15)20(27)26-19-11-17(23)16(22)10-18(19)24/h5-6,9-12,25H,1-4,7-8H2,(H,26,27). The van der Waals surface area contributed by atoms with Gasteiger partial charge in [0.05, 0.1) is 16.1 Å². The number of nitrogens with one attached hydrogen (secondary N) is 2. The summed E-state index contributed by atoms with van der Waals surface area (Å²) < 4.78 is 81.5. The van der Waals surface area contributed by atoms with Crippen LogP contribution in [0, 0.1) is 29.2 Å². The summed E-state index contributed by atoms with van der Waals surface area (Å²) in [4.78, 5) is 12.0. The van der Waals surface area contributed by atoms with E-state index in [-0.39, 0.29) is 17.5 Å². The van der Waals surface area contributed by atoms with E-state index in [9.17, 15) is 30.8 Å². The molecule has 1 aliphatic carbocycles. The number of carbonyl (C=O) groups excluding carboxylic acids is 1. The van der Waals surface area contributed by atoms with E-state index in [2.05, 4.69) is 4.72 Å². The lowest BCUT2D eigenvalue weighted by atomic mass is 10.1. The Balaban J connectivity index is 1.75. The van der Waals surface area contributed by atoms with Gasteiger partial charge in [0.25, 0.3) is 5.91 Å². The summed E-state index contributed by atoms with van der Waals surface area (Å²) in [7, 11) is -4.00. The van der Waals surface area contributed by atoms with Gasteiger partial charge in [-0.2, -0.15) is 0 Å². The fraction of sp³-hybridized carbons (Fsp3) is 0.350. The smallest absolute Gasteiger partial charge is 0.258 e. The number of hydrogen-bond acceptors (Lipinski definition) is 3. The maximum atomic E-state index is 14.1. The molecule has 0 unspecified atom stereocenters. The van der Waals surface area contributed by atoms with Crippen molar-refractivity contribution in [2.45, 2.75) is 37.0 Å². The van der Waals surface area contributed by atoms with Crippen LogP contribution in [0.25, 0.3) is 0 Å². The number of hydrogen-bond donors (Lipinski definition) is 2. The minimum Gasteiger partial charge on any atom is -0.319 e. The second kappa shape index (κ2) is 9.13. The van der Waals surface area contributed by atoms with E-state index in [1.807, 2.05) is 5.32 Å². The van der Waals surface area contributed by atoms with Crippen molar-refractivity contribution in [2.24, 2.45) is 5.92 Å². The lowest BCUT2D eigenvalue weighted by Gasteiger charge is -2.12. The normalized spacial score (nSPS) is 14.8. The molecule has 0 heterocycles. The molecule has 0 spiro atoms. The number of halogens is 4. The van der Waals surface area contributed by atoms with E-state index in [1.165, 1.54) is 0 Å². The van der Waals surface area contributed by atoms with E-state index in [1.54, 1.807) is 0 Å². The number of anilines is 1. The summed E-state index contributed by atoms with van der Waals surface area (Å²) in [6.07, 6.45) is 5.06. The average molecular weight is 444 g/mol. The molecular weight excluding hydrogens is 424 g/mol. The van der Waals surface area contributed by atoms with E-state index in [0.29, 0.717) is 18.4 Å². The molecule has 2 aromatic rings. The summed E-state index contributed by atoms with van der Waals surface area (Å²) >= 11 is 0. The van der Waals surface area contributed by atoms with Crippen molar-refractivity contribution in [3.8, 4) is 0 Å². The summed E-state index contributed by atoms with van der Waals surface area (Å²) in [5.74, 6) is -5.92. The van der Waals surface area contributed by atoms with Crippen LogP contribution in [0.3, 0.4) is 0 Å². The van der Waals surface area contributed by atoms with Gasteiger partial charge in [-0.05, 0) is 30.5 Å². The highest BCUT2D eigenvalue weighted by Gasteiger charge is 2.22. The molecular formula is C20H20F4N2O3S. The Labute approximate surface area is 171 Å². The van der Waals surface area contributed by atoms with Crippen LogP contribution in [0.5, 0.6) is 0 Å². The number of benzene rings is 2. The third-order valence-electron chi connectivity index (χ3n) is 5.07. The molecule has 30 heavy (non-hydrogen) atoms. The van der Waals surface area contributed by atoms with Crippen molar-refractivity contribution in [3.05, 3.63) is 59.2 Å². The zero-order valence-corrected chi connectivity index (χ0v) is 16.7. The third-order valence-corrected chi connectivity index (χ3v) is 6.53. The number of rotatable bonds is 7. The van der Waals surface area contributed by atoms with Crippen molar-refractivity contribution in [1.29, 1.82) is 0 Å². The zero-order chi connectivity index (χ0) is 21.9. The largest absolute Gasteiger partial charge is 0.319 e. The van der Waals surface area contributed by atoms with Gasteiger partial charge in [-0.1, -0.05) is 25.7 Å². The van der Waals surface area contributed by atoms with Crippen molar-refractivity contribution in [3.63, 3.8) is 0 Å². The van der Waals surface area contributed by atoms with Crippen LogP contribution < -0.4 is 10.0 Å². The van der Waals surface area contributed by atoms with Crippen molar-refractivity contribution in [2.75, 3.05) is 11.9 Å². The minimum atomic E-state index is -4.00. The van der Waals surface area contributed by atoms with Crippen LogP contribution >= 0.6 is 0 Å². The number of amides is 1. The molecule has 10 heteroatoms. The molecule has 3 rings (SSSR count). The number of sulfonamides is 1. The maximum Gasteiger partial charge on any atom is 0.258 e. The molecule has 2 N–H and O–H groups in total. The molecule has 0 aromatic heterocycles. The third kappa shape index (κ3) is 5.17. The molecule has 0 aliphatic heterocycles. The molecule has 2 aromatic carbocycles. The summed E-state index contributed by atoms with van der Waals surface area (Å²) in [6, 6.07) is 3.24. The first kappa shape index (κ1) is 22.2. The highest BCUT2D eigenvalue weighted by molar-refractivity contribution is 7.89. The van der Waals surface area contributed by atoms with Gasteiger partial charge >= 0.3 is 0 Å². The minimum absolute atomic E-state index is 0.214. The van der Waals surface area contributed by atoms with Gasteiger partial charge in [0.1, 0.15) is 11.6 Å². The SMILES string of the molecule is O=C(Nc1cc(F)c(F)cc1F)c1cc(S(=O)(=O)NCCC2CCCC2)ccc1F. The Kier molecular flexibility index (Phi) is 6.77. The van der Waals surface area contributed by atoms with Gasteiger partial charge in [-0.25, -0.2) is 30.7 Å². The van der Waals surface area contributed by atoms with Gasteiger partial charge in [-0.3, -0.25) is 4.79 Å². The highest BCUT2D eigenvalue weighted by Crippen LogP contribution is 2.27. The van der Waals surface area contributed by atoms with Crippen LogP contribution in [0.1, 0.15) is 42.5 Å². The fourth-order valence-corrected chi connectivity index (χ4v) is 4.51. The molecule has 1 fully saturated rings. The average Bonchev–Trinajstić information content (AvgIpc) is 3.19. The molecule has 0 atom stereocenters. The van der Waals surface area contributed by atoms with Gasteiger partial charge in [0, 0.05) is 18.7 Å². The van der Waals surface area contributed by atoms with E-state index < -0.39 is 50.5 Å². The Hall–Kier alpha value is -2.46. The van der Waals surface area contributed by atoms with E-state index in [0.717, 1.165) is 43.9 Å². The predicted octanol–water partition coefficient (Wildman–Crippen LogP) is 4.35. The van der Waals surface area contributed by atoms with Gasteiger partial charge < -0.3 is 5.32 Å². The van der Waals surface area contributed by atoms with Crippen molar-refractivity contribution < 1.29 is 30.8 Å². The van der Waals surface area contributed by atoms with Crippen molar-refractivity contribution in [1.82, 2.24) is 4.72 Å². The molecule has 0 saturated heterocycles. The van der Waals surface area contributed by atoms with Crippen LogP contribution in [0.4, 0.5) is 23.2 Å². The Morgan fingerprint density at radius 2 is 1.60 bits per heavy atom. The lowest BCUT2D eigenvalue weighted by Crippen LogP contribution is -2.26. The second-order valence-corrected chi connectivity index (χ2v) is 8.95. The second-order valence-electron chi connectivity index (χ2n) is 7.18. The maximum absolute atomic E-state index is 14.1. The first-order valence-electron chi connectivity index (χ1n) is 9.42. The van der Waals surface area contributed by atoms with Crippen LogP contribution in [0.2, 0.25) is 0 Å². The monoisotopic (exact) mass is 444 g/mol. The molecule has 0 radical (unpaired) electrons. The number of carbonyl (C=O) groups is 1. The van der Waals surface area contributed by atoms with Crippen LogP contribution in [-0.2, 0) is 10.0 Å². The lowest BCUT2D eigenvalue weighted by molar-refractivity contribution is 0.102. The van der Waals surface area contributed by atoms with E-state index in [4.69, 9.17) is 0 Å². The fourth-order valence-electron chi connectivity index (χ4n) is 3.43. The predicted molar refractivity (Wildman–Crippen MR) is 102 cm³/mol. The van der Waals surface area contributed by atoms with Crippen LogP contribution in [0.15, 0.2) is 35.2 Å². The quantitative estimate of drug-likeness (QED) is 0.492. The summed E-state index contributed by atoms with van der Waals surface area (Å²) in [6.45, 7) is 0.214. The molecule has 0 bridgehead atoms. The van der Waals surface area contributed by atoms with E-state index >= 15 is 0 Å². The first-order chi connectivity index (χ1) is 14.2. The van der Waals surface area contributed by atoms with Crippen molar-refractivity contribution >= 4 is 21.6 Å². The molecule has 5 nitrogen and oxygen atoms in total. The van der Waals surface area contributed by atoms with Gasteiger partial charge in [-0.15, -0.1) is 0 Å². The van der Waals surface area contributed by atoms with Crippen LogP contribution in [-0.4, -0.2) is 20.9 Å². The van der Waals surface area contributed by atoms with Gasteiger partial charge in [0.15, 0.2) is 11.6 Å². The zero-order valence-electron chi connectivity index (χ0n) is 15.9. The topological polar surface area (TPSA) is 75.3 Å². The molecule has 1 saturated carbocycles. The summed E-state index contributed by atoms with van der Waals surface area (Å²) in [5.41, 5.74) is -1.39. The Morgan fingerprint density at radius 3 is 2.30 bits per heavy atom. The molecule has 1 aliphatic rings. The highest BCUT2D eigenvalue weighted by atomic mass is 32.2.